The summed E-state index contributed by atoms with van der Waals surface area (Å²) in [5, 5.41) is 3.74. The van der Waals surface area contributed by atoms with Gasteiger partial charge in [0.05, 0.1) is 0 Å². The fourth-order valence-electron chi connectivity index (χ4n) is 2.62. The van der Waals surface area contributed by atoms with Gasteiger partial charge in [-0.15, -0.1) is 0 Å². The average Bonchev–Trinajstić information content (AvgIpc) is 2.71. The summed E-state index contributed by atoms with van der Waals surface area (Å²) in [7, 11) is 0. The Labute approximate surface area is 178 Å². The van der Waals surface area contributed by atoms with E-state index in [9.17, 15) is 14.4 Å². The molecule has 1 amide bonds. The third-order valence-corrected chi connectivity index (χ3v) is 4.49. The molecule has 0 fully saturated rings. The van der Waals surface area contributed by atoms with Gasteiger partial charge < -0.3 is 14.5 Å². The zero-order chi connectivity index (χ0) is 21.7. The highest BCUT2D eigenvalue weighted by Gasteiger charge is 2.14. The van der Waals surface area contributed by atoms with Crippen LogP contribution in [-0.2, 0) is 4.79 Å². The molecule has 0 saturated heterocycles. The lowest BCUT2D eigenvalue weighted by atomic mass is 10.1. The number of hydrogen-bond donors (Lipinski definition) is 1. The Morgan fingerprint density at radius 3 is 2.67 bits per heavy atom. The fourth-order valence-corrected chi connectivity index (χ4v) is 2.82. The molecule has 2 aromatic carbocycles. The number of halogens is 1. The van der Waals surface area contributed by atoms with E-state index in [0.717, 1.165) is 0 Å². The van der Waals surface area contributed by atoms with Gasteiger partial charge in [0.15, 0.2) is 0 Å². The number of ether oxygens (including phenoxy) is 1. The Morgan fingerprint density at radius 2 is 1.93 bits per heavy atom. The molecular formula is C23H20ClNO5. The lowest BCUT2D eigenvalue weighted by Crippen LogP contribution is -2.31. The highest BCUT2D eigenvalue weighted by Crippen LogP contribution is 2.21. The zero-order valence-electron chi connectivity index (χ0n) is 16.5. The lowest BCUT2D eigenvalue weighted by Gasteiger charge is -2.08. The summed E-state index contributed by atoms with van der Waals surface area (Å²) in [6, 6.07) is 13.1. The molecule has 0 unspecified atom stereocenters. The molecule has 3 rings (SSSR count). The van der Waals surface area contributed by atoms with Crippen LogP contribution < -0.4 is 15.7 Å². The quantitative estimate of drug-likeness (QED) is 0.273. The zero-order valence-corrected chi connectivity index (χ0v) is 17.2. The normalized spacial score (nSPS) is 11.2. The minimum absolute atomic E-state index is 0.0735. The molecule has 6 nitrogen and oxygen atoms in total. The van der Waals surface area contributed by atoms with Crippen molar-refractivity contribution in [2.75, 3.05) is 6.54 Å². The third kappa shape index (κ3) is 5.36. The second-order valence-electron chi connectivity index (χ2n) is 7.03. The highest BCUT2D eigenvalue weighted by atomic mass is 35.5. The first-order chi connectivity index (χ1) is 14.3. The van der Waals surface area contributed by atoms with Crippen LogP contribution in [0.3, 0.4) is 0 Å². The first kappa shape index (κ1) is 21.3. The van der Waals surface area contributed by atoms with Crippen molar-refractivity contribution in [3.63, 3.8) is 0 Å². The molecule has 1 heterocycles. The Kier molecular flexibility index (Phi) is 6.69. The van der Waals surface area contributed by atoms with Crippen LogP contribution in [0, 0.1) is 5.92 Å². The minimum Gasteiger partial charge on any atom is -0.423 e. The van der Waals surface area contributed by atoms with Crippen molar-refractivity contribution in [2.24, 2.45) is 5.92 Å². The summed E-state index contributed by atoms with van der Waals surface area (Å²) >= 11 is 6.04. The molecule has 0 saturated carbocycles. The topological polar surface area (TPSA) is 85.6 Å². The smallest absolute Gasteiger partial charge is 0.349 e. The number of nitrogens with one attached hydrogen (secondary N) is 1. The Hall–Kier alpha value is -3.38. The van der Waals surface area contributed by atoms with Crippen LogP contribution in [0.4, 0.5) is 0 Å². The maximum Gasteiger partial charge on any atom is 0.349 e. The van der Waals surface area contributed by atoms with Crippen molar-refractivity contribution < 1.29 is 18.7 Å². The van der Waals surface area contributed by atoms with Crippen molar-refractivity contribution in [1.29, 1.82) is 0 Å². The van der Waals surface area contributed by atoms with Gasteiger partial charge in [0.1, 0.15) is 16.9 Å². The molecule has 1 N–H and O–H groups in total. The number of amides is 1. The number of benzene rings is 2. The predicted molar refractivity (Wildman–Crippen MR) is 116 cm³/mol. The van der Waals surface area contributed by atoms with Gasteiger partial charge in [0, 0.05) is 29.1 Å². The molecular weight excluding hydrogens is 406 g/mol. The summed E-state index contributed by atoms with van der Waals surface area (Å²) in [6.45, 7) is 4.36. The molecule has 0 radical (unpaired) electrons. The number of carbonyl (C=O) groups excluding carboxylic acids is 2. The third-order valence-electron chi connectivity index (χ3n) is 4.15. The molecule has 0 aliphatic carbocycles. The summed E-state index contributed by atoms with van der Waals surface area (Å²) in [6.07, 6.45) is 2.80. The van der Waals surface area contributed by atoms with Crippen molar-refractivity contribution in [1.82, 2.24) is 5.32 Å². The largest absolute Gasteiger partial charge is 0.423 e. The van der Waals surface area contributed by atoms with E-state index in [-0.39, 0.29) is 22.8 Å². The molecule has 0 bridgehead atoms. The number of rotatable bonds is 6. The number of carbonyl (C=O) groups is 2. The fraction of sp³-hybridized carbons (Fsp3) is 0.174. The van der Waals surface area contributed by atoms with Crippen LogP contribution in [0.2, 0.25) is 5.02 Å². The molecule has 3 aromatic rings. The van der Waals surface area contributed by atoms with E-state index in [2.05, 4.69) is 5.32 Å². The van der Waals surface area contributed by atoms with E-state index in [1.54, 1.807) is 42.5 Å². The standard InChI is InChI=1S/C23H20ClNO5/c1-14(2)13-25-22(27)18-11-16-7-9-17(12-20(16)30-23(18)28)29-21(26)10-8-15-5-3-4-6-19(15)24/h3-12,14H,13H2,1-2H3,(H,25,27)/b10-8+. The van der Waals surface area contributed by atoms with Crippen LogP contribution >= 0.6 is 11.6 Å². The van der Waals surface area contributed by atoms with Gasteiger partial charge in [-0.2, -0.15) is 0 Å². The van der Waals surface area contributed by atoms with Crippen molar-refractivity contribution >= 4 is 40.5 Å². The van der Waals surface area contributed by atoms with Gasteiger partial charge in [-0.25, -0.2) is 9.59 Å². The SMILES string of the molecule is CC(C)CNC(=O)c1cc2ccc(OC(=O)/C=C/c3ccccc3Cl)cc2oc1=O. The summed E-state index contributed by atoms with van der Waals surface area (Å²) in [5.74, 6) is -0.636. The molecule has 30 heavy (non-hydrogen) atoms. The maximum atomic E-state index is 12.2. The van der Waals surface area contributed by atoms with Gasteiger partial charge in [0.2, 0.25) is 0 Å². The van der Waals surface area contributed by atoms with Crippen LogP contribution in [-0.4, -0.2) is 18.4 Å². The monoisotopic (exact) mass is 425 g/mol. The first-order valence-corrected chi connectivity index (χ1v) is 9.72. The van der Waals surface area contributed by atoms with Gasteiger partial charge in [-0.1, -0.05) is 43.6 Å². The van der Waals surface area contributed by atoms with Gasteiger partial charge in [-0.3, -0.25) is 4.79 Å². The van der Waals surface area contributed by atoms with Crippen LogP contribution in [0.25, 0.3) is 17.0 Å². The van der Waals surface area contributed by atoms with Crippen molar-refractivity contribution in [3.8, 4) is 5.75 Å². The maximum absolute atomic E-state index is 12.2. The van der Waals surface area contributed by atoms with E-state index in [0.29, 0.717) is 22.5 Å². The molecule has 0 aliphatic rings. The molecule has 154 valence electrons. The van der Waals surface area contributed by atoms with E-state index >= 15 is 0 Å². The van der Waals surface area contributed by atoms with E-state index < -0.39 is 17.5 Å². The van der Waals surface area contributed by atoms with Crippen LogP contribution in [0.5, 0.6) is 5.75 Å². The van der Waals surface area contributed by atoms with Gasteiger partial charge >= 0.3 is 11.6 Å². The molecule has 7 heteroatoms. The Bertz CT molecular complexity index is 1180. The molecule has 0 atom stereocenters. The number of esters is 1. The summed E-state index contributed by atoms with van der Waals surface area (Å²) in [5.41, 5.74) is 0.0612. The number of hydrogen-bond acceptors (Lipinski definition) is 5. The van der Waals surface area contributed by atoms with E-state index in [1.807, 2.05) is 13.8 Å². The van der Waals surface area contributed by atoms with Crippen molar-refractivity contribution in [3.05, 3.63) is 81.2 Å². The van der Waals surface area contributed by atoms with Crippen molar-refractivity contribution in [2.45, 2.75) is 13.8 Å². The molecule has 1 aromatic heterocycles. The highest BCUT2D eigenvalue weighted by molar-refractivity contribution is 6.32. The molecule has 0 spiro atoms. The summed E-state index contributed by atoms with van der Waals surface area (Å²) in [4.78, 5) is 36.4. The van der Waals surface area contributed by atoms with E-state index in [4.69, 9.17) is 20.8 Å². The summed E-state index contributed by atoms with van der Waals surface area (Å²) < 4.78 is 10.5. The van der Waals surface area contributed by atoms with Crippen LogP contribution in [0.1, 0.15) is 29.8 Å². The number of fused-ring (bicyclic) bond motifs is 1. The van der Waals surface area contributed by atoms with E-state index in [1.165, 1.54) is 18.2 Å². The minimum atomic E-state index is -0.758. The first-order valence-electron chi connectivity index (χ1n) is 9.34. The second kappa shape index (κ2) is 9.41. The Balaban J connectivity index is 1.76. The van der Waals surface area contributed by atoms with Gasteiger partial charge in [-0.05, 0) is 41.8 Å². The average molecular weight is 426 g/mol. The Morgan fingerprint density at radius 1 is 1.17 bits per heavy atom. The molecule has 0 aliphatic heterocycles. The van der Waals surface area contributed by atoms with Gasteiger partial charge in [0.25, 0.3) is 5.91 Å². The second-order valence-corrected chi connectivity index (χ2v) is 7.43. The van der Waals surface area contributed by atoms with Crippen LogP contribution in [0.15, 0.2) is 63.8 Å². The lowest BCUT2D eigenvalue weighted by molar-refractivity contribution is -0.128. The predicted octanol–water partition coefficient (Wildman–Crippen LogP) is 4.45.